The molecule has 0 amide bonds. The summed E-state index contributed by atoms with van der Waals surface area (Å²) in [7, 11) is 1.70. The van der Waals surface area contributed by atoms with E-state index in [1.54, 1.807) is 7.11 Å². The predicted molar refractivity (Wildman–Crippen MR) is 79.8 cm³/mol. The van der Waals surface area contributed by atoms with Gasteiger partial charge in [-0.25, -0.2) is 9.97 Å². The van der Waals surface area contributed by atoms with Gasteiger partial charge in [-0.2, -0.15) is 0 Å². The van der Waals surface area contributed by atoms with Crippen LogP contribution in [0.4, 0.5) is 11.6 Å². The van der Waals surface area contributed by atoms with Crippen LogP contribution in [0.2, 0.25) is 0 Å². The molecule has 0 spiro atoms. The van der Waals surface area contributed by atoms with Gasteiger partial charge in [-0.05, 0) is 19.8 Å². The number of aryl methyl sites for hydroxylation is 1. The van der Waals surface area contributed by atoms with Gasteiger partial charge >= 0.3 is 0 Å². The molecular formula is C14H26N4O. The van der Waals surface area contributed by atoms with Gasteiger partial charge in [-0.1, -0.05) is 13.8 Å². The molecule has 1 aromatic rings. The number of nitrogens with one attached hydrogen (secondary N) is 2. The molecule has 0 bridgehead atoms. The molecule has 0 aliphatic carbocycles. The van der Waals surface area contributed by atoms with Crippen molar-refractivity contribution in [1.29, 1.82) is 0 Å². The maximum Gasteiger partial charge on any atom is 0.133 e. The summed E-state index contributed by atoms with van der Waals surface area (Å²) in [4.78, 5) is 9.06. The Morgan fingerprint density at radius 3 is 2.58 bits per heavy atom. The van der Waals surface area contributed by atoms with Gasteiger partial charge in [0.15, 0.2) is 0 Å². The third kappa shape index (κ3) is 5.87. The second-order valence-electron chi connectivity index (χ2n) is 4.73. The van der Waals surface area contributed by atoms with Crippen molar-refractivity contribution in [3.8, 4) is 0 Å². The number of ether oxygens (including phenoxy) is 1. The molecule has 1 heterocycles. The minimum absolute atomic E-state index is 0.230. The minimum Gasteiger partial charge on any atom is -0.383 e. The van der Waals surface area contributed by atoms with Crippen LogP contribution in [0.1, 0.15) is 39.4 Å². The van der Waals surface area contributed by atoms with Crippen LogP contribution in [0.25, 0.3) is 0 Å². The smallest absolute Gasteiger partial charge is 0.133 e. The minimum atomic E-state index is 0.230. The first-order chi connectivity index (χ1) is 9.19. The Kier molecular flexibility index (Phi) is 7.18. The van der Waals surface area contributed by atoms with Crippen molar-refractivity contribution >= 4 is 11.6 Å². The van der Waals surface area contributed by atoms with Crippen molar-refractivity contribution in [3.63, 3.8) is 0 Å². The second-order valence-corrected chi connectivity index (χ2v) is 4.73. The van der Waals surface area contributed by atoms with Crippen LogP contribution in [-0.4, -0.2) is 36.3 Å². The number of aromatic nitrogens is 2. The van der Waals surface area contributed by atoms with Gasteiger partial charge in [0.1, 0.15) is 17.5 Å². The van der Waals surface area contributed by atoms with E-state index in [0.29, 0.717) is 6.61 Å². The van der Waals surface area contributed by atoms with Gasteiger partial charge in [0.05, 0.1) is 6.61 Å². The molecule has 5 heteroatoms. The first-order valence-corrected chi connectivity index (χ1v) is 7.06. The summed E-state index contributed by atoms with van der Waals surface area (Å²) >= 11 is 0. The number of nitrogens with zero attached hydrogens (tertiary/aromatic N) is 2. The monoisotopic (exact) mass is 266 g/mol. The van der Waals surface area contributed by atoms with Crippen LogP contribution in [0, 0.1) is 0 Å². The van der Waals surface area contributed by atoms with Gasteiger partial charge in [-0.15, -0.1) is 0 Å². The van der Waals surface area contributed by atoms with E-state index in [4.69, 9.17) is 4.74 Å². The van der Waals surface area contributed by atoms with E-state index < -0.39 is 0 Å². The molecule has 108 valence electrons. The number of methoxy groups -OCH3 is 1. The van der Waals surface area contributed by atoms with Crippen LogP contribution in [0.5, 0.6) is 0 Å². The molecule has 0 fully saturated rings. The summed E-state index contributed by atoms with van der Waals surface area (Å²) in [6.07, 6.45) is 3.02. The molecule has 0 aliphatic heterocycles. The van der Waals surface area contributed by atoms with E-state index in [-0.39, 0.29) is 6.04 Å². The largest absolute Gasteiger partial charge is 0.383 e. The Hall–Kier alpha value is -1.36. The molecule has 1 unspecified atom stereocenters. The lowest BCUT2D eigenvalue weighted by atomic mass is 10.3. The summed E-state index contributed by atoms with van der Waals surface area (Å²) in [5.41, 5.74) is 0. The van der Waals surface area contributed by atoms with Crippen LogP contribution in [0.3, 0.4) is 0 Å². The van der Waals surface area contributed by atoms with Gasteiger partial charge in [0, 0.05) is 32.2 Å². The fraction of sp³-hybridized carbons (Fsp3) is 0.714. The van der Waals surface area contributed by atoms with Crippen molar-refractivity contribution in [2.75, 3.05) is 30.9 Å². The third-order valence-corrected chi connectivity index (χ3v) is 2.61. The van der Waals surface area contributed by atoms with Crippen molar-refractivity contribution in [2.45, 2.75) is 46.1 Å². The Bertz CT molecular complexity index is 370. The van der Waals surface area contributed by atoms with Crippen LogP contribution in [-0.2, 0) is 11.2 Å². The Labute approximate surface area is 116 Å². The normalized spacial score (nSPS) is 12.2. The van der Waals surface area contributed by atoms with E-state index in [9.17, 15) is 0 Å². The lowest BCUT2D eigenvalue weighted by Crippen LogP contribution is -2.22. The van der Waals surface area contributed by atoms with Crippen LogP contribution in [0.15, 0.2) is 6.07 Å². The highest BCUT2D eigenvalue weighted by molar-refractivity contribution is 5.48. The quantitative estimate of drug-likeness (QED) is 0.719. The first kappa shape index (κ1) is 15.7. The zero-order valence-electron chi connectivity index (χ0n) is 12.5. The van der Waals surface area contributed by atoms with E-state index in [2.05, 4.69) is 41.4 Å². The third-order valence-electron chi connectivity index (χ3n) is 2.61. The Balaban J connectivity index is 2.79. The second kappa shape index (κ2) is 8.69. The average Bonchev–Trinajstić information content (AvgIpc) is 2.36. The molecule has 1 atom stereocenters. The number of anilines is 2. The molecule has 2 N–H and O–H groups in total. The summed E-state index contributed by atoms with van der Waals surface area (Å²) < 4.78 is 5.13. The topological polar surface area (TPSA) is 59.1 Å². The molecule has 0 saturated carbocycles. The fourth-order valence-electron chi connectivity index (χ4n) is 1.79. The molecule has 0 saturated heterocycles. The summed E-state index contributed by atoms with van der Waals surface area (Å²) in [5.74, 6) is 2.64. The van der Waals surface area contributed by atoms with Gasteiger partial charge in [-0.3, -0.25) is 0 Å². The zero-order valence-corrected chi connectivity index (χ0v) is 12.5. The molecule has 1 aromatic heterocycles. The molecule has 0 aliphatic rings. The van der Waals surface area contributed by atoms with Crippen molar-refractivity contribution in [1.82, 2.24) is 9.97 Å². The summed E-state index contributed by atoms with van der Waals surface area (Å²) in [6.45, 7) is 7.93. The molecule has 19 heavy (non-hydrogen) atoms. The molecule has 0 aromatic carbocycles. The molecule has 1 rings (SSSR count). The summed E-state index contributed by atoms with van der Waals surface area (Å²) in [5, 5.41) is 6.66. The lowest BCUT2D eigenvalue weighted by molar-refractivity contribution is 0.190. The van der Waals surface area contributed by atoms with Crippen molar-refractivity contribution in [3.05, 3.63) is 11.9 Å². The molecule has 5 nitrogen and oxygen atoms in total. The van der Waals surface area contributed by atoms with Crippen molar-refractivity contribution in [2.24, 2.45) is 0 Å². The highest BCUT2D eigenvalue weighted by atomic mass is 16.5. The van der Waals surface area contributed by atoms with E-state index in [0.717, 1.165) is 43.3 Å². The Morgan fingerprint density at radius 1 is 1.21 bits per heavy atom. The lowest BCUT2D eigenvalue weighted by Gasteiger charge is -2.15. The van der Waals surface area contributed by atoms with Crippen LogP contribution < -0.4 is 10.6 Å². The number of hydrogen-bond acceptors (Lipinski definition) is 5. The van der Waals surface area contributed by atoms with E-state index in [1.165, 1.54) is 0 Å². The SMILES string of the molecule is CCCNc1cc(NC(C)COC)nc(CCC)n1. The van der Waals surface area contributed by atoms with E-state index in [1.807, 2.05) is 6.07 Å². The highest BCUT2D eigenvalue weighted by Gasteiger charge is 2.07. The van der Waals surface area contributed by atoms with Crippen LogP contribution >= 0.6 is 0 Å². The maximum absolute atomic E-state index is 5.13. The zero-order chi connectivity index (χ0) is 14.1. The number of hydrogen-bond donors (Lipinski definition) is 2. The standard InChI is InChI=1S/C14H26N4O/c1-5-7-12-17-13(15-8-6-2)9-14(18-12)16-11(3)10-19-4/h9,11H,5-8,10H2,1-4H3,(H2,15,16,17,18). The molecule has 0 radical (unpaired) electrons. The summed E-state index contributed by atoms with van der Waals surface area (Å²) in [6, 6.07) is 2.19. The maximum atomic E-state index is 5.13. The van der Waals surface area contributed by atoms with Crippen molar-refractivity contribution < 1.29 is 4.74 Å². The molecular weight excluding hydrogens is 240 g/mol. The van der Waals surface area contributed by atoms with Gasteiger partial charge in [0.2, 0.25) is 0 Å². The fourth-order valence-corrected chi connectivity index (χ4v) is 1.79. The van der Waals surface area contributed by atoms with E-state index >= 15 is 0 Å². The van der Waals surface area contributed by atoms with Gasteiger partial charge in [0.25, 0.3) is 0 Å². The average molecular weight is 266 g/mol. The first-order valence-electron chi connectivity index (χ1n) is 7.06. The van der Waals surface area contributed by atoms with Gasteiger partial charge < -0.3 is 15.4 Å². The number of rotatable bonds is 9. The Morgan fingerprint density at radius 2 is 1.95 bits per heavy atom. The predicted octanol–water partition coefficient (Wildman–Crippen LogP) is 2.70. The highest BCUT2D eigenvalue weighted by Crippen LogP contribution is 2.13.